The van der Waals surface area contributed by atoms with E-state index in [1.165, 1.54) is 31.5 Å². The first-order chi connectivity index (χ1) is 11.4. The second-order valence-electron chi connectivity index (χ2n) is 4.61. The second-order valence-corrected chi connectivity index (χ2v) is 5.02. The molecule has 2 rings (SSSR count). The molecule has 0 aromatic heterocycles. The molecule has 0 saturated heterocycles. The zero-order valence-corrected chi connectivity index (χ0v) is 13.4. The molecule has 0 radical (unpaired) electrons. The molecule has 24 heavy (non-hydrogen) atoms. The SMILES string of the molecule is COc1ccccc1/C=N/NC(=S)Nc1ccccc1C(F)(F)F. The van der Waals surface area contributed by atoms with Gasteiger partial charge in [0.1, 0.15) is 5.75 Å². The lowest BCUT2D eigenvalue weighted by Crippen LogP contribution is -2.25. The Hall–Kier alpha value is -2.61. The van der Waals surface area contributed by atoms with Gasteiger partial charge in [0.05, 0.1) is 24.6 Å². The van der Waals surface area contributed by atoms with Crippen LogP contribution >= 0.6 is 12.2 Å². The largest absolute Gasteiger partial charge is 0.496 e. The van der Waals surface area contributed by atoms with Crippen LogP contribution < -0.4 is 15.5 Å². The maximum Gasteiger partial charge on any atom is 0.418 e. The monoisotopic (exact) mass is 353 g/mol. The number of hydrogen-bond donors (Lipinski definition) is 2. The van der Waals surface area contributed by atoms with Crippen molar-refractivity contribution in [2.45, 2.75) is 6.18 Å². The Morgan fingerprint density at radius 3 is 2.50 bits per heavy atom. The molecule has 126 valence electrons. The molecule has 2 N–H and O–H groups in total. The summed E-state index contributed by atoms with van der Waals surface area (Å²) < 4.78 is 43.9. The van der Waals surface area contributed by atoms with Crippen LogP contribution in [0.4, 0.5) is 18.9 Å². The van der Waals surface area contributed by atoms with E-state index in [4.69, 9.17) is 17.0 Å². The van der Waals surface area contributed by atoms with E-state index >= 15 is 0 Å². The topological polar surface area (TPSA) is 45.6 Å². The van der Waals surface area contributed by atoms with Crippen LogP contribution in [0.5, 0.6) is 5.75 Å². The van der Waals surface area contributed by atoms with Gasteiger partial charge >= 0.3 is 6.18 Å². The van der Waals surface area contributed by atoms with E-state index in [1.54, 1.807) is 18.2 Å². The number of nitrogens with one attached hydrogen (secondary N) is 2. The molecular weight excluding hydrogens is 339 g/mol. The zero-order chi connectivity index (χ0) is 17.6. The molecule has 0 fully saturated rings. The molecule has 0 aliphatic rings. The van der Waals surface area contributed by atoms with Gasteiger partial charge in [0.25, 0.3) is 0 Å². The van der Waals surface area contributed by atoms with Gasteiger partial charge < -0.3 is 10.1 Å². The average Bonchev–Trinajstić information content (AvgIpc) is 2.55. The van der Waals surface area contributed by atoms with Crippen molar-refractivity contribution in [2.75, 3.05) is 12.4 Å². The van der Waals surface area contributed by atoms with Gasteiger partial charge in [0, 0.05) is 5.56 Å². The highest BCUT2D eigenvalue weighted by molar-refractivity contribution is 7.80. The van der Waals surface area contributed by atoms with Crippen LogP contribution in [-0.4, -0.2) is 18.4 Å². The highest BCUT2D eigenvalue weighted by Gasteiger charge is 2.33. The van der Waals surface area contributed by atoms with Gasteiger partial charge in [-0.15, -0.1) is 0 Å². The highest BCUT2D eigenvalue weighted by Crippen LogP contribution is 2.34. The number of benzene rings is 2. The number of hydrazone groups is 1. The molecule has 0 amide bonds. The third kappa shape index (κ3) is 4.69. The predicted molar refractivity (Wildman–Crippen MR) is 91.4 cm³/mol. The van der Waals surface area contributed by atoms with E-state index in [2.05, 4.69) is 15.8 Å². The van der Waals surface area contributed by atoms with Crippen molar-refractivity contribution in [3.8, 4) is 5.75 Å². The van der Waals surface area contributed by atoms with Gasteiger partial charge in [-0.2, -0.15) is 18.3 Å². The lowest BCUT2D eigenvalue weighted by atomic mass is 10.2. The second kappa shape index (κ2) is 7.78. The summed E-state index contributed by atoms with van der Waals surface area (Å²) in [6, 6.07) is 12.2. The summed E-state index contributed by atoms with van der Waals surface area (Å²) in [4.78, 5) is 0. The summed E-state index contributed by atoms with van der Waals surface area (Å²) in [5.41, 5.74) is 2.23. The third-order valence-electron chi connectivity index (χ3n) is 2.99. The number of rotatable bonds is 4. The molecule has 4 nitrogen and oxygen atoms in total. The molecule has 8 heteroatoms. The predicted octanol–water partition coefficient (Wildman–Crippen LogP) is 4.03. The molecule has 0 aliphatic carbocycles. The van der Waals surface area contributed by atoms with E-state index in [0.717, 1.165) is 6.07 Å². The molecule has 0 saturated carbocycles. The summed E-state index contributed by atoms with van der Waals surface area (Å²) in [5.74, 6) is 0.615. The van der Waals surface area contributed by atoms with Crippen LogP contribution in [0.1, 0.15) is 11.1 Å². The summed E-state index contributed by atoms with van der Waals surface area (Å²) in [7, 11) is 1.53. The van der Waals surface area contributed by atoms with E-state index in [-0.39, 0.29) is 10.8 Å². The Balaban J connectivity index is 2.03. The third-order valence-corrected chi connectivity index (χ3v) is 3.18. The molecule has 0 unspecified atom stereocenters. The maximum absolute atomic E-state index is 12.9. The smallest absolute Gasteiger partial charge is 0.418 e. The van der Waals surface area contributed by atoms with Crippen molar-refractivity contribution >= 4 is 29.2 Å². The van der Waals surface area contributed by atoms with Gasteiger partial charge in [-0.1, -0.05) is 24.3 Å². The molecule has 2 aromatic carbocycles. The van der Waals surface area contributed by atoms with Crippen molar-refractivity contribution in [3.05, 3.63) is 59.7 Å². The first-order valence-corrected chi connectivity index (χ1v) is 7.22. The molecule has 0 spiro atoms. The van der Waals surface area contributed by atoms with Gasteiger partial charge in [0.15, 0.2) is 5.11 Å². The minimum atomic E-state index is -4.47. The molecule has 0 atom stereocenters. The number of para-hydroxylation sites is 2. The van der Waals surface area contributed by atoms with Crippen molar-refractivity contribution in [3.63, 3.8) is 0 Å². The van der Waals surface area contributed by atoms with Gasteiger partial charge in [-0.25, -0.2) is 0 Å². The fourth-order valence-electron chi connectivity index (χ4n) is 1.92. The Bertz CT molecular complexity index is 747. The van der Waals surface area contributed by atoms with Crippen molar-refractivity contribution in [2.24, 2.45) is 5.10 Å². The van der Waals surface area contributed by atoms with Crippen LogP contribution in [-0.2, 0) is 6.18 Å². The minimum absolute atomic E-state index is 0.0575. The number of thiocarbonyl (C=S) groups is 1. The summed E-state index contributed by atoms with van der Waals surface area (Å²) in [6.45, 7) is 0. The number of ether oxygens (including phenoxy) is 1. The Kier molecular flexibility index (Phi) is 5.75. The first-order valence-electron chi connectivity index (χ1n) is 6.81. The lowest BCUT2D eigenvalue weighted by Gasteiger charge is -2.14. The fourth-order valence-corrected chi connectivity index (χ4v) is 2.09. The Morgan fingerprint density at radius 1 is 1.12 bits per heavy atom. The first kappa shape index (κ1) is 17.7. The van der Waals surface area contributed by atoms with Crippen LogP contribution in [0.2, 0.25) is 0 Å². The van der Waals surface area contributed by atoms with Crippen LogP contribution in [0.3, 0.4) is 0 Å². The molecular formula is C16H14F3N3OS. The number of anilines is 1. The number of methoxy groups -OCH3 is 1. The van der Waals surface area contributed by atoms with Crippen LogP contribution in [0.25, 0.3) is 0 Å². The molecule has 0 heterocycles. The van der Waals surface area contributed by atoms with E-state index < -0.39 is 11.7 Å². The molecule has 2 aromatic rings. The van der Waals surface area contributed by atoms with Gasteiger partial charge in [0.2, 0.25) is 0 Å². The summed E-state index contributed by atoms with van der Waals surface area (Å²) in [6.07, 6.45) is -3.01. The number of alkyl halides is 3. The van der Waals surface area contributed by atoms with E-state index in [1.807, 2.05) is 6.07 Å². The van der Waals surface area contributed by atoms with Crippen LogP contribution in [0, 0.1) is 0 Å². The van der Waals surface area contributed by atoms with E-state index in [0.29, 0.717) is 11.3 Å². The van der Waals surface area contributed by atoms with E-state index in [9.17, 15) is 13.2 Å². The quantitative estimate of drug-likeness (QED) is 0.495. The molecule has 0 bridgehead atoms. The Labute approximate surface area is 142 Å². The number of nitrogens with zero attached hydrogens (tertiary/aromatic N) is 1. The van der Waals surface area contributed by atoms with Crippen molar-refractivity contribution < 1.29 is 17.9 Å². The minimum Gasteiger partial charge on any atom is -0.496 e. The maximum atomic E-state index is 12.9. The lowest BCUT2D eigenvalue weighted by molar-refractivity contribution is -0.136. The fraction of sp³-hybridized carbons (Fsp3) is 0.125. The van der Waals surface area contributed by atoms with Gasteiger partial charge in [-0.05, 0) is 36.5 Å². The number of halogens is 3. The summed E-state index contributed by atoms with van der Waals surface area (Å²) >= 11 is 4.96. The van der Waals surface area contributed by atoms with Crippen molar-refractivity contribution in [1.82, 2.24) is 5.43 Å². The van der Waals surface area contributed by atoms with Crippen LogP contribution in [0.15, 0.2) is 53.6 Å². The average molecular weight is 353 g/mol. The van der Waals surface area contributed by atoms with Crippen molar-refractivity contribution in [1.29, 1.82) is 0 Å². The summed E-state index contributed by atoms with van der Waals surface area (Å²) in [5, 5.41) is 6.33. The zero-order valence-electron chi connectivity index (χ0n) is 12.6. The van der Waals surface area contributed by atoms with Gasteiger partial charge in [-0.3, -0.25) is 5.43 Å². The molecule has 0 aliphatic heterocycles. The Morgan fingerprint density at radius 2 is 1.79 bits per heavy atom. The normalized spacial score (nSPS) is 11.3. The number of hydrogen-bond acceptors (Lipinski definition) is 3. The highest BCUT2D eigenvalue weighted by atomic mass is 32.1. The standard InChI is InChI=1S/C16H14F3N3OS/c1-23-14-9-5-2-6-11(14)10-20-22-15(24)21-13-8-4-3-7-12(13)16(17,18)19/h2-10H,1H3,(H2,21,22,24)/b20-10+.